The van der Waals surface area contributed by atoms with Crippen LogP contribution in [0, 0.1) is 20.8 Å². The molecular formula is C21H18ClN3. The summed E-state index contributed by atoms with van der Waals surface area (Å²) in [7, 11) is 0. The summed E-state index contributed by atoms with van der Waals surface area (Å²) < 4.78 is 0. The average Bonchev–Trinajstić information content (AvgIpc) is 2.91. The quantitative estimate of drug-likeness (QED) is 0.461. The molecular weight excluding hydrogens is 330 g/mol. The molecule has 0 spiro atoms. The van der Waals surface area contributed by atoms with Crippen molar-refractivity contribution in [3.05, 3.63) is 70.8 Å². The van der Waals surface area contributed by atoms with Crippen LogP contribution in [0.15, 0.2) is 48.7 Å². The normalized spacial score (nSPS) is 11.2. The number of aryl methyl sites for hydroxylation is 3. The van der Waals surface area contributed by atoms with Crippen LogP contribution < -0.4 is 0 Å². The Hall–Kier alpha value is -2.65. The SMILES string of the molecule is Cc1cc(-c2[nH]c3cc(-c4ccc(Cl)nc4)ccc3c2C)cc(C)n1. The van der Waals surface area contributed by atoms with Gasteiger partial charge in [0.2, 0.25) is 0 Å². The van der Waals surface area contributed by atoms with Crippen molar-refractivity contribution in [1.29, 1.82) is 0 Å². The Balaban J connectivity index is 1.85. The summed E-state index contributed by atoms with van der Waals surface area (Å²) in [5.74, 6) is 0. The first-order valence-corrected chi connectivity index (χ1v) is 8.59. The lowest BCUT2D eigenvalue weighted by Crippen LogP contribution is -1.89. The van der Waals surface area contributed by atoms with Gasteiger partial charge in [0.15, 0.2) is 0 Å². The lowest BCUT2D eigenvalue weighted by Gasteiger charge is -2.04. The molecule has 4 rings (SSSR count). The highest BCUT2D eigenvalue weighted by atomic mass is 35.5. The van der Waals surface area contributed by atoms with Crippen molar-refractivity contribution < 1.29 is 0 Å². The van der Waals surface area contributed by atoms with E-state index in [4.69, 9.17) is 11.6 Å². The molecule has 25 heavy (non-hydrogen) atoms. The summed E-state index contributed by atoms with van der Waals surface area (Å²) in [6.45, 7) is 6.21. The number of hydrogen-bond donors (Lipinski definition) is 1. The fraction of sp³-hybridized carbons (Fsp3) is 0.143. The molecule has 4 aromatic rings. The second-order valence-corrected chi connectivity index (χ2v) is 6.78. The van der Waals surface area contributed by atoms with Gasteiger partial charge in [-0.25, -0.2) is 4.98 Å². The molecule has 0 fully saturated rings. The molecule has 0 amide bonds. The number of rotatable bonds is 2. The van der Waals surface area contributed by atoms with Gasteiger partial charge >= 0.3 is 0 Å². The van der Waals surface area contributed by atoms with Gasteiger partial charge < -0.3 is 4.98 Å². The average molecular weight is 348 g/mol. The second-order valence-electron chi connectivity index (χ2n) is 6.39. The molecule has 3 nitrogen and oxygen atoms in total. The van der Waals surface area contributed by atoms with Gasteiger partial charge in [-0.2, -0.15) is 0 Å². The molecule has 0 aliphatic carbocycles. The van der Waals surface area contributed by atoms with Gasteiger partial charge in [0.25, 0.3) is 0 Å². The van der Waals surface area contributed by atoms with Gasteiger partial charge in [-0.05, 0) is 62.2 Å². The molecule has 3 heterocycles. The molecule has 0 aliphatic rings. The van der Waals surface area contributed by atoms with Crippen molar-refractivity contribution in [2.45, 2.75) is 20.8 Å². The van der Waals surface area contributed by atoms with Crippen molar-refractivity contribution >= 4 is 22.5 Å². The largest absolute Gasteiger partial charge is 0.354 e. The molecule has 124 valence electrons. The van der Waals surface area contributed by atoms with E-state index in [-0.39, 0.29) is 0 Å². The smallest absolute Gasteiger partial charge is 0.129 e. The number of H-pyrrole nitrogens is 1. The van der Waals surface area contributed by atoms with E-state index in [0.717, 1.165) is 33.7 Å². The van der Waals surface area contributed by atoms with Gasteiger partial charge in [0.1, 0.15) is 5.15 Å². The van der Waals surface area contributed by atoms with Crippen LogP contribution in [0.4, 0.5) is 0 Å². The molecule has 0 aliphatic heterocycles. The number of aromatic nitrogens is 3. The number of aromatic amines is 1. The zero-order valence-corrected chi connectivity index (χ0v) is 15.1. The first-order chi connectivity index (χ1) is 12.0. The monoisotopic (exact) mass is 347 g/mol. The minimum Gasteiger partial charge on any atom is -0.354 e. The third-order valence-corrected chi connectivity index (χ3v) is 4.71. The lowest BCUT2D eigenvalue weighted by atomic mass is 10.0. The number of hydrogen-bond acceptors (Lipinski definition) is 2. The van der Waals surface area contributed by atoms with Crippen molar-refractivity contribution in [1.82, 2.24) is 15.0 Å². The van der Waals surface area contributed by atoms with Crippen LogP contribution in [-0.4, -0.2) is 15.0 Å². The Labute approximate surface area is 151 Å². The Morgan fingerprint density at radius 1 is 0.840 bits per heavy atom. The van der Waals surface area contributed by atoms with Gasteiger partial charge in [-0.3, -0.25) is 4.98 Å². The number of nitrogens with one attached hydrogen (secondary N) is 1. The van der Waals surface area contributed by atoms with E-state index in [2.05, 4.69) is 52.2 Å². The summed E-state index contributed by atoms with van der Waals surface area (Å²) in [5, 5.41) is 1.74. The summed E-state index contributed by atoms with van der Waals surface area (Å²) in [6.07, 6.45) is 1.80. The summed E-state index contributed by atoms with van der Waals surface area (Å²) in [6, 6.07) is 14.5. The maximum atomic E-state index is 5.89. The zero-order valence-electron chi connectivity index (χ0n) is 14.4. The van der Waals surface area contributed by atoms with Crippen LogP contribution in [0.25, 0.3) is 33.3 Å². The van der Waals surface area contributed by atoms with Crippen LogP contribution >= 0.6 is 11.6 Å². The van der Waals surface area contributed by atoms with Crippen LogP contribution in [0.2, 0.25) is 5.15 Å². The summed E-state index contributed by atoms with van der Waals surface area (Å²) >= 11 is 5.89. The number of fused-ring (bicyclic) bond motifs is 1. The van der Waals surface area contributed by atoms with E-state index in [1.807, 2.05) is 26.0 Å². The second kappa shape index (κ2) is 6.01. The maximum absolute atomic E-state index is 5.89. The highest BCUT2D eigenvalue weighted by Crippen LogP contribution is 2.32. The number of benzene rings is 1. The molecule has 0 bridgehead atoms. The predicted molar refractivity (Wildman–Crippen MR) is 104 cm³/mol. The van der Waals surface area contributed by atoms with E-state index < -0.39 is 0 Å². The predicted octanol–water partition coefficient (Wildman–Crippen LogP) is 5.87. The molecule has 0 saturated carbocycles. The Kier molecular flexibility index (Phi) is 3.81. The Bertz CT molecular complexity index is 1060. The third kappa shape index (κ3) is 2.92. The lowest BCUT2D eigenvalue weighted by molar-refractivity contribution is 1.12. The van der Waals surface area contributed by atoms with Crippen molar-refractivity contribution in [2.75, 3.05) is 0 Å². The molecule has 0 saturated heterocycles. The molecule has 0 radical (unpaired) electrons. The van der Waals surface area contributed by atoms with E-state index in [1.165, 1.54) is 16.5 Å². The molecule has 1 aromatic carbocycles. The minimum absolute atomic E-state index is 0.506. The van der Waals surface area contributed by atoms with Crippen molar-refractivity contribution in [2.24, 2.45) is 0 Å². The van der Waals surface area contributed by atoms with Gasteiger partial charge in [-0.1, -0.05) is 23.7 Å². The molecule has 0 unspecified atom stereocenters. The highest BCUT2D eigenvalue weighted by molar-refractivity contribution is 6.29. The minimum atomic E-state index is 0.506. The number of pyridine rings is 2. The summed E-state index contributed by atoms with van der Waals surface area (Å²) in [4.78, 5) is 12.2. The zero-order chi connectivity index (χ0) is 17.6. The first-order valence-electron chi connectivity index (χ1n) is 8.21. The maximum Gasteiger partial charge on any atom is 0.129 e. The standard InChI is InChI=1S/C21H18ClN3/c1-12-8-17(9-13(2)24-12)21-14(3)18-6-4-15(10-19(18)25-21)16-5-7-20(22)23-11-16/h4-11,25H,1-3H3. The van der Waals surface area contributed by atoms with Gasteiger partial charge in [0.05, 0.1) is 0 Å². The Morgan fingerprint density at radius 2 is 1.56 bits per heavy atom. The van der Waals surface area contributed by atoms with E-state index in [0.29, 0.717) is 5.15 Å². The topological polar surface area (TPSA) is 41.6 Å². The Morgan fingerprint density at radius 3 is 2.24 bits per heavy atom. The van der Waals surface area contributed by atoms with Crippen molar-refractivity contribution in [3.8, 4) is 22.4 Å². The van der Waals surface area contributed by atoms with Gasteiger partial charge in [0, 0.05) is 45.3 Å². The van der Waals surface area contributed by atoms with E-state index in [1.54, 1.807) is 6.20 Å². The van der Waals surface area contributed by atoms with Crippen molar-refractivity contribution in [3.63, 3.8) is 0 Å². The van der Waals surface area contributed by atoms with E-state index in [9.17, 15) is 0 Å². The number of halogens is 1. The fourth-order valence-electron chi connectivity index (χ4n) is 3.33. The van der Waals surface area contributed by atoms with Crippen LogP contribution in [0.1, 0.15) is 17.0 Å². The molecule has 4 heteroatoms. The highest BCUT2D eigenvalue weighted by Gasteiger charge is 2.11. The van der Waals surface area contributed by atoms with E-state index >= 15 is 0 Å². The summed E-state index contributed by atoms with van der Waals surface area (Å²) in [5.41, 5.74) is 8.92. The third-order valence-electron chi connectivity index (χ3n) is 4.49. The number of nitrogens with zero attached hydrogens (tertiary/aromatic N) is 2. The molecule has 0 atom stereocenters. The first kappa shape index (κ1) is 15.9. The fourth-order valence-corrected chi connectivity index (χ4v) is 3.44. The van der Waals surface area contributed by atoms with Crippen LogP contribution in [-0.2, 0) is 0 Å². The van der Waals surface area contributed by atoms with Gasteiger partial charge in [-0.15, -0.1) is 0 Å². The molecule has 3 aromatic heterocycles. The molecule has 1 N–H and O–H groups in total. The van der Waals surface area contributed by atoms with Crippen LogP contribution in [0.3, 0.4) is 0 Å². The van der Waals surface area contributed by atoms with Crippen LogP contribution in [0.5, 0.6) is 0 Å².